The zero-order valence-corrected chi connectivity index (χ0v) is 36.9. The predicted molar refractivity (Wildman–Crippen MR) is 230 cm³/mol. The van der Waals surface area contributed by atoms with Gasteiger partial charge in [0.05, 0.1) is 18.5 Å². The molecule has 0 unspecified atom stereocenters. The molecule has 12 nitrogen and oxygen atoms in total. The molecule has 2 aliphatic rings. The monoisotopic (exact) mass is 905 g/mol. The predicted octanol–water partition coefficient (Wildman–Crippen LogP) is 10.8. The molecular weight excluding hydrogens is 849 g/mol. The van der Waals surface area contributed by atoms with Crippen molar-refractivity contribution in [3.05, 3.63) is 76.1 Å². The van der Waals surface area contributed by atoms with Crippen LogP contribution in [-0.4, -0.2) is 58.4 Å². The molecule has 2 aromatic carbocycles. The highest BCUT2D eigenvalue weighted by atomic mass is 127. The van der Waals surface area contributed by atoms with Crippen LogP contribution in [0.15, 0.2) is 60.9 Å². The Bertz CT molecular complexity index is 1810. The van der Waals surface area contributed by atoms with E-state index in [0.717, 1.165) is 40.0 Å². The van der Waals surface area contributed by atoms with Crippen LogP contribution in [0.1, 0.15) is 90.7 Å². The number of aromatic nitrogens is 4. The minimum Gasteiger partial charge on any atom is -0.367 e. The summed E-state index contributed by atoms with van der Waals surface area (Å²) in [7, 11) is -5.10. The molecule has 15 heteroatoms. The third-order valence-electron chi connectivity index (χ3n) is 8.93. The van der Waals surface area contributed by atoms with Gasteiger partial charge in [-0.15, -0.1) is 9.05 Å². The highest BCUT2D eigenvalue weighted by Crippen LogP contribution is 2.47. The molecule has 2 aromatic heterocycles. The average Bonchev–Trinajstić information content (AvgIpc) is 3.89. The SMILES string of the molecule is CCOP(=O)(OCC)c1ccc(-c2cnc(C)nc2NC2CCCC2)cc1.CCO[P+](=O)OCC.Cc1ncc(-c2ccc(I)cc2)c(NC2CCCC2)n1. The fourth-order valence-corrected chi connectivity index (χ4v) is 8.76. The molecule has 0 spiro atoms. The lowest BCUT2D eigenvalue weighted by Gasteiger charge is -2.18. The highest BCUT2D eigenvalue weighted by Gasteiger charge is 2.27. The Morgan fingerprint density at radius 2 is 1.07 bits per heavy atom. The maximum Gasteiger partial charge on any atom is 0.697 e. The van der Waals surface area contributed by atoms with Crippen molar-refractivity contribution in [2.45, 2.75) is 105 Å². The molecule has 2 saturated carbocycles. The third-order valence-corrected chi connectivity index (χ3v) is 12.7. The summed E-state index contributed by atoms with van der Waals surface area (Å²) in [6.07, 6.45) is 13.8. The number of nitrogens with one attached hydrogen (secondary N) is 2. The van der Waals surface area contributed by atoms with Crippen LogP contribution in [0.4, 0.5) is 11.6 Å². The van der Waals surface area contributed by atoms with Crippen molar-refractivity contribution in [1.29, 1.82) is 0 Å². The molecule has 0 aliphatic heterocycles. The molecule has 55 heavy (non-hydrogen) atoms. The fourth-order valence-electron chi connectivity index (χ4n) is 6.34. The standard InChI is InChI=1S/C20H28N3O3P.C16H18IN3.C4H10O3P/c1-4-25-27(24,26-5-2)18-12-10-16(11-13-18)19-14-21-15(3)22-20(19)23-17-8-6-7-9-17;1-11-18-10-15(12-6-8-13(17)9-7-12)16(19-11)20-14-4-2-3-5-14;1-3-6-8(5)7-4-2/h10-14,17H,4-9H2,1-3H3,(H,21,22,23);6-10,14H,2-5H2,1H3,(H,18,19,20);3-4H2,1-2H3/q;;+1. The number of nitrogens with zero attached hydrogens (tertiary/aromatic N) is 4. The number of halogens is 1. The number of aryl methyl sites for hydroxylation is 2. The van der Waals surface area contributed by atoms with Gasteiger partial charge in [0.1, 0.15) is 36.5 Å². The van der Waals surface area contributed by atoms with Gasteiger partial charge in [-0.3, -0.25) is 4.57 Å². The van der Waals surface area contributed by atoms with E-state index in [-0.39, 0.29) is 0 Å². The second-order valence-corrected chi connectivity index (χ2v) is 17.3. The Hall–Kier alpha value is -2.90. The number of benzene rings is 2. The van der Waals surface area contributed by atoms with Gasteiger partial charge in [-0.1, -0.05) is 49.9 Å². The lowest BCUT2D eigenvalue weighted by Crippen LogP contribution is -2.17. The van der Waals surface area contributed by atoms with Gasteiger partial charge in [-0.05, 0) is 125 Å². The molecule has 0 saturated heterocycles. The first kappa shape index (κ1) is 44.8. The topological polar surface area (TPSA) is 147 Å². The quantitative estimate of drug-likeness (QED) is 0.0864. The molecule has 298 valence electrons. The molecular formula is C40H56IN6O6P2+. The van der Waals surface area contributed by atoms with Gasteiger partial charge in [0.25, 0.3) is 0 Å². The molecule has 2 heterocycles. The number of hydrogen-bond acceptors (Lipinski definition) is 12. The summed E-state index contributed by atoms with van der Waals surface area (Å²) in [4.78, 5) is 18.0. The normalized spacial score (nSPS) is 14.5. The third kappa shape index (κ3) is 14.2. The minimum absolute atomic E-state index is 0.334. The largest absolute Gasteiger partial charge is 0.697 e. The summed E-state index contributed by atoms with van der Waals surface area (Å²) in [5.74, 6) is 3.40. The molecule has 4 aromatic rings. The van der Waals surface area contributed by atoms with E-state index in [1.165, 1.54) is 60.5 Å². The van der Waals surface area contributed by atoms with Crippen molar-refractivity contribution >= 4 is 55.4 Å². The summed E-state index contributed by atoms with van der Waals surface area (Å²) in [6, 6.07) is 17.0. The number of rotatable bonds is 15. The van der Waals surface area contributed by atoms with Crippen LogP contribution >= 0.6 is 38.4 Å². The van der Waals surface area contributed by atoms with Crippen molar-refractivity contribution in [3.8, 4) is 22.3 Å². The summed E-state index contributed by atoms with van der Waals surface area (Å²) >= 11 is 2.32. The lowest BCUT2D eigenvalue weighted by atomic mass is 10.1. The van der Waals surface area contributed by atoms with E-state index in [2.05, 4.69) is 86.5 Å². The first-order valence-electron chi connectivity index (χ1n) is 19.3. The molecule has 0 atom stereocenters. The molecule has 2 fully saturated rings. The van der Waals surface area contributed by atoms with E-state index >= 15 is 0 Å². The Kier molecular flexibility index (Phi) is 19.0. The summed E-state index contributed by atoms with van der Waals surface area (Å²) in [6.45, 7) is 12.5. The van der Waals surface area contributed by atoms with Crippen molar-refractivity contribution < 1.29 is 27.2 Å². The van der Waals surface area contributed by atoms with Gasteiger partial charge >= 0.3 is 15.9 Å². The summed E-state index contributed by atoms with van der Waals surface area (Å²) in [5, 5.41) is 7.75. The van der Waals surface area contributed by atoms with E-state index in [1.807, 2.05) is 52.2 Å². The molecule has 0 bridgehead atoms. The van der Waals surface area contributed by atoms with Crippen LogP contribution in [0.5, 0.6) is 0 Å². The summed E-state index contributed by atoms with van der Waals surface area (Å²) in [5.41, 5.74) is 4.19. The van der Waals surface area contributed by atoms with Crippen LogP contribution in [-0.2, 0) is 27.2 Å². The van der Waals surface area contributed by atoms with Gasteiger partial charge in [0.2, 0.25) is 0 Å². The van der Waals surface area contributed by atoms with Gasteiger partial charge < -0.3 is 19.7 Å². The second-order valence-electron chi connectivity index (χ2n) is 13.1. The maximum absolute atomic E-state index is 12.9. The molecule has 0 radical (unpaired) electrons. The van der Waals surface area contributed by atoms with Gasteiger partial charge in [-0.2, -0.15) is 0 Å². The lowest BCUT2D eigenvalue weighted by molar-refractivity contribution is 0.230. The van der Waals surface area contributed by atoms with E-state index < -0.39 is 15.9 Å². The van der Waals surface area contributed by atoms with Crippen LogP contribution < -0.4 is 15.9 Å². The van der Waals surface area contributed by atoms with Gasteiger partial charge in [0.15, 0.2) is 0 Å². The highest BCUT2D eigenvalue weighted by molar-refractivity contribution is 14.1. The van der Waals surface area contributed by atoms with Crippen molar-refractivity contribution in [3.63, 3.8) is 0 Å². The first-order valence-corrected chi connectivity index (χ1v) is 23.0. The summed E-state index contributed by atoms with van der Waals surface area (Å²) < 4.78 is 44.5. The molecule has 2 aliphatic carbocycles. The maximum atomic E-state index is 12.9. The van der Waals surface area contributed by atoms with Crippen molar-refractivity contribution in [2.24, 2.45) is 0 Å². The van der Waals surface area contributed by atoms with Gasteiger partial charge in [-0.25, -0.2) is 19.9 Å². The Morgan fingerprint density at radius 1 is 0.673 bits per heavy atom. The Morgan fingerprint density at radius 3 is 1.45 bits per heavy atom. The minimum atomic E-state index is -3.27. The van der Waals surface area contributed by atoms with Crippen LogP contribution in [0.25, 0.3) is 22.3 Å². The van der Waals surface area contributed by atoms with E-state index in [9.17, 15) is 9.13 Å². The smallest absolute Gasteiger partial charge is 0.367 e. The first-order chi connectivity index (χ1) is 26.6. The molecule has 6 rings (SSSR count). The number of hydrogen-bond donors (Lipinski definition) is 2. The zero-order chi connectivity index (χ0) is 39.6. The van der Waals surface area contributed by atoms with Crippen molar-refractivity contribution in [2.75, 3.05) is 37.1 Å². The van der Waals surface area contributed by atoms with E-state index in [1.54, 1.807) is 26.0 Å². The molecule has 0 amide bonds. The zero-order valence-electron chi connectivity index (χ0n) is 32.9. The Balaban J connectivity index is 0.000000210. The fraction of sp³-hybridized carbons (Fsp3) is 0.500. The van der Waals surface area contributed by atoms with Crippen LogP contribution in [0, 0.1) is 17.4 Å². The van der Waals surface area contributed by atoms with E-state index in [4.69, 9.17) is 9.05 Å². The average molecular weight is 906 g/mol. The number of anilines is 2. The van der Waals surface area contributed by atoms with E-state index in [0.29, 0.717) is 43.8 Å². The van der Waals surface area contributed by atoms with Crippen LogP contribution in [0.3, 0.4) is 0 Å². The molecule has 2 N–H and O–H groups in total. The van der Waals surface area contributed by atoms with Gasteiger partial charge in [0, 0.05) is 43.7 Å². The van der Waals surface area contributed by atoms with Crippen LogP contribution in [0.2, 0.25) is 0 Å². The Labute approximate surface area is 341 Å². The second kappa shape index (κ2) is 23.4. The van der Waals surface area contributed by atoms with Crippen molar-refractivity contribution in [1.82, 2.24) is 19.9 Å².